The lowest BCUT2D eigenvalue weighted by molar-refractivity contribution is 0.171. The molecule has 0 radical (unpaired) electrons. The highest BCUT2D eigenvalue weighted by Crippen LogP contribution is 2.37. The van der Waals surface area contributed by atoms with Gasteiger partial charge in [-0.1, -0.05) is 44.9 Å². The van der Waals surface area contributed by atoms with Gasteiger partial charge in [0.25, 0.3) is 0 Å². The average molecular weight is 181 g/mol. The van der Waals surface area contributed by atoms with Gasteiger partial charge in [-0.15, -0.1) is 0 Å². The van der Waals surface area contributed by atoms with Crippen molar-refractivity contribution in [3.05, 3.63) is 0 Å². The van der Waals surface area contributed by atoms with E-state index >= 15 is 0 Å². The summed E-state index contributed by atoms with van der Waals surface area (Å²) in [6.07, 6.45) is 12.9. The van der Waals surface area contributed by atoms with Crippen LogP contribution >= 0.6 is 0 Å². The third-order valence-corrected chi connectivity index (χ3v) is 4.13. The lowest BCUT2D eigenvalue weighted by Gasteiger charge is -2.37. The molecule has 0 spiro atoms. The molecule has 2 fully saturated rings. The first-order chi connectivity index (χ1) is 6.38. The van der Waals surface area contributed by atoms with E-state index < -0.39 is 0 Å². The van der Waals surface area contributed by atoms with Crippen molar-refractivity contribution in [2.75, 3.05) is 0 Å². The van der Waals surface area contributed by atoms with Crippen molar-refractivity contribution in [3.8, 4) is 0 Å². The van der Waals surface area contributed by atoms with Gasteiger partial charge >= 0.3 is 0 Å². The summed E-state index contributed by atoms with van der Waals surface area (Å²) in [4.78, 5) is 0. The molecule has 0 aliphatic heterocycles. The van der Waals surface area contributed by atoms with Crippen LogP contribution in [0.1, 0.15) is 57.8 Å². The SMILES string of the molecule is NC1CCCCC1C1CCCCC1. The van der Waals surface area contributed by atoms with Gasteiger partial charge in [0.15, 0.2) is 0 Å². The van der Waals surface area contributed by atoms with Gasteiger partial charge in [0.05, 0.1) is 0 Å². The molecule has 13 heavy (non-hydrogen) atoms. The van der Waals surface area contributed by atoms with E-state index in [1.807, 2.05) is 0 Å². The fourth-order valence-electron chi connectivity index (χ4n) is 3.34. The Labute approximate surface area is 82.1 Å². The Hall–Kier alpha value is -0.0400. The monoisotopic (exact) mass is 181 g/mol. The van der Waals surface area contributed by atoms with E-state index in [2.05, 4.69) is 0 Å². The molecule has 2 aliphatic rings. The van der Waals surface area contributed by atoms with Crippen molar-refractivity contribution < 1.29 is 0 Å². The molecule has 0 heterocycles. The molecule has 0 bridgehead atoms. The van der Waals surface area contributed by atoms with Gasteiger partial charge < -0.3 is 5.73 Å². The van der Waals surface area contributed by atoms with Crippen LogP contribution in [0.25, 0.3) is 0 Å². The Morgan fingerprint density at radius 2 is 1.31 bits per heavy atom. The predicted octanol–water partition coefficient (Wildman–Crippen LogP) is 3.08. The largest absolute Gasteiger partial charge is 0.327 e. The summed E-state index contributed by atoms with van der Waals surface area (Å²) in [7, 11) is 0. The van der Waals surface area contributed by atoms with Gasteiger partial charge in [0, 0.05) is 6.04 Å². The van der Waals surface area contributed by atoms with E-state index in [0.717, 1.165) is 11.8 Å². The van der Waals surface area contributed by atoms with E-state index in [-0.39, 0.29) is 0 Å². The molecule has 2 atom stereocenters. The first-order valence-corrected chi connectivity index (χ1v) is 6.13. The summed E-state index contributed by atoms with van der Waals surface area (Å²) < 4.78 is 0. The fraction of sp³-hybridized carbons (Fsp3) is 1.00. The van der Waals surface area contributed by atoms with Gasteiger partial charge in [-0.05, 0) is 24.7 Å². The topological polar surface area (TPSA) is 26.0 Å². The zero-order valence-electron chi connectivity index (χ0n) is 8.67. The Bertz CT molecular complexity index is 149. The van der Waals surface area contributed by atoms with Crippen LogP contribution in [-0.4, -0.2) is 6.04 Å². The van der Waals surface area contributed by atoms with Crippen molar-refractivity contribution in [3.63, 3.8) is 0 Å². The lowest BCUT2D eigenvalue weighted by Crippen LogP contribution is -2.38. The highest BCUT2D eigenvalue weighted by molar-refractivity contribution is 4.84. The van der Waals surface area contributed by atoms with Crippen molar-refractivity contribution in [1.29, 1.82) is 0 Å². The number of hydrogen-bond acceptors (Lipinski definition) is 1. The quantitative estimate of drug-likeness (QED) is 0.661. The van der Waals surface area contributed by atoms with E-state index in [1.54, 1.807) is 0 Å². The maximum absolute atomic E-state index is 6.21. The van der Waals surface area contributed by atoms with Crippen LogP contribution in [0.5, 0.6) is 0 Å². The highest BCUT2D eigenvalue weighted by Gasteiger charge is 2.29. The summed E-state index contributed by atoms with van der Waals surface area (Å²) in [6, 6.07) is 0.539. The minimum absolute atomic E-state index is 0.539. The second kappa shape index (κ2) is 4.45. The second-order valence-electron chi connectivity index (χ2n) is 5.01. The third kappa shape index (κ3) is 2.25. The fourth-order valence-corrected chi connectivity index (χ4v) is 3.34. The van der Waals surface area contributed by atoms with Crippen molar-refractivity contribution >= 4 is 0 Å². The standard InChI is InChI=1S/C12H23N/c13-12-9-5-4-8-11(12)10-6-2-1-3-7-10/h10-12H,1-9,13H2. The van der Waals surface area contributed by atoms with Crippen LogP contribution < -0.4 is 5.73 Å². The van der Waals surface area contributed by atoms with E-state index in [4.69, 9.17) is 5.73 Å². The summed E-state index contributed by atoms with van der Waals surface area (Å²) >= 11 is 0. The Balaban J connectivity index is 1.88. The molecule has 2 rings (SSSR count). The first-order valence-electron chi connectivity index (χ1n) is 6.13. The van der Waals surface area contributed by atoms with Crippen LogP contribution in [0.2, 0.25) is 0 Å². The Morgan fingerprint density at radius 1 is 0.692 bits per heavy atom. The zero-order valence-corrected chi connectivity index (χ0v) is 8.67. The zero-order chi connectivity index (χ0) is 9.10. The van der Waals surface area contributed by atoms with E-state index in [9.17, 15) is 0 Å². The molecule has 2 saturated carbocycles. The van der Waals surface area contributed by atoms with E-state index in [0.29, 0.717) is 6.04 Å². The smallest absolute Gasteiger partial charge is 0.00698 e. The van der Waals surface area contributed by atoms with Gasteiger partial charge in [-0.2, -0.15) is 0 Å². The molecule has 1 nitrogen and oxygen atoms in total. The summed E-state index contributed by atoms with van der Waals surface area (Å²) in [6.45, 7) is 0. The van der Waals surface area contributed by atoms with Crippen molar-refractivity contribution in [2.24, 2.45) is 17.6 Å². The molecule has 2 unspecified atom stereocenters. The van der Waals surface area contributed by atoms with E-state index in [1.165, 1.54) is 57.8 Å². The summed E-state index contributed by atoms with van der Waals surface area (Å²) in [5.74, 6) is 1.87. The predicted molar refractivity (Wildman–Crippen MR) is 56.5 cm³/mol. The summed E-state index contributed by atoms with van der Waals surface area (Å²) in [5, 5.41) is 0. The van der Waals surface area contributed by atoms with Crippen LogP contribution in [0.4, 0.5) is 0 Å². The molecule has 2 aliphatic carbocycles. The molecular formula is C12H23N. The van der Waals surface area contributed by atoms with Crippen LogP contribution in [0.15, 0.2) is 0 Å². The molecule has 0 amide bonds. The van der Waals surface area contributed by atoms with Gasteiger partial charge in [0.1, 0.15) is 0 Å². The molecule has 76 valence electrons. The van der Waals surface area contributed by atoms with Gasteiger partial charge in [0.2, 0.25) is 0 Å². The number of rotatable bonds is 1. The highest BCUT2D eigenvalue weighted by atomic mass is 14.7. The van der Waals surface area contributed by atoms with Gasteiger partial charge in [-0.3, -0.25) is 0 Å². The molecule has 0 saturated heterocycles. The first kappa shape index (κ1) is 9.51. The maximum atomic E-state index is 6.21. The second-order valence-corrected chi connectivity index (χ2v) is 5.01. The Morgan fingerprint density at radius 3 is 2.00 bits per heavy atom. The normalized spacial score (nSPS) is 37.6. The summed E-state index contributed by atoms with van der Waals surface area (Å²) in [5.41, 5.74) is 6.21. The van der Waals surface area contributed by atoms with Crippen LogP contribution in [0.3, 0.4) is 0 Å². The van der Waals surface area contributed by atoms with Gasteiger partial charge in [-0.25, -0.2) is 0 Å². The minimum atomic E-state index is 0.539. The van der Waals surface area contributed by atoms with Crippen LogP contribution in [0, 0.1) is 11.8 Å². The third-order valence-electron chi connectivity index (χ3n) is 4.13. The molecule has 0 aromatic heterocycles. The maximum Gasteiger partial charge on any atom is 0.00698 e. The van der Waals surface area contributed by atoms with Crippen molar-refractivity contribution in [2.45, 2.75) is 63.8 Å². The molecule has 2 N–H and O–H groups in total. The average Bonchev–Trinajstić information content (AvgIpc) is 2.20. The number of nitrogens with two attached hydrogens (primary N) is 1. The Kier molecular flexibility index (Phi) is 3.26. The lowest BCUT2D eigenvalue weighted by atomic mass is 9.71. The molecular weight excluding hydrogens is 158 g/mol. The minimum Gasteiger partial charge on any atom is -0.327 e. The van der Waals surface area contributed by atoms with Crippen LogP contribution in [-0.2, 0) is 0 Å². The van der Waals surface area contributed by atoms with Crippen molar-refractivity contribution in [1.82, 2.24) is 0 Å². The molecule has 0 aromatic rings. The molecule has 0 aromatic carbocycles. The number of hydrogen-bond donors (Lipinski definition) is 1. The molecule has 1 heteroatoms.